The van der Waals surface area contributed by atoms with Crippen LogP contribution in [0.1, 0.15) is 13.8 Å². The Kier molecular flexibility index (Phi) is 5.39. The number of nitro groups is 1. The molecule has 1 unspecified atom stereocenters. The van der Waals surface area contributed by atoms with Gasteiger partial charge in [-0.1, -0.05) is 0 Å². The minimum Gasteiger partial charge on any atom is -0.494 e. The minimum absolute atomic E-state index is 0.0557. The van der Waals surface area contributed by atoms with Gasteiger partial charge in [-0.15, -0.1) is 0 Å². The quantitative estimate of drug-likeness (QED) is 0.596. The lowest BCUT2D eigenvalue weighted by Gasteiger charge is -2.29. The van der Waals surface area contributed by atoms with Crippen molar-refractivity contribution in [3.05, 3.63) is 46.5 Å². The van der Waals surface area contributed by atoms with E-state index in [1.54, 1.807) is 24.3 Å². The summed E-state index contributed by atoms with van der Waals surface area (Å²) in [5.41, 5.74) is 0.522. The van der Waals surface area contributed by atoms with Crippen LogP contribution >= 0.6 is 0 Å². The number of fused-ring (bicyclic) bond motifs is 1. The van der Waals surface area contributed by atoms with Crippen LogP contribution in [0.5, 0.6) is 11.5 Å². The highest BCUT2D eigenvalue weighted by Crippen LogP contribution is 2.33. The van der Waals surface area contributed by atoms with Gasteiger partial charge in [0.05, 0.1) is 6.61 Å². The molecule has 1 aliphatic rings. The number of nitrogens with zero attached hydrogens (tertiary/aromatic N) is 3. The third-order valence-corrected chi connectivity index (χ3v) is 4.06. The summed E-state index contributed by atoms with van der Waals surface area (Å²) in [5.74, 6) is -0.622. The molecule has 0 saturated heterocycles. The van der Waals surface area contributed by atoms with Crippen LogP contribution in [0.15, 0.2) is 36.4 Å². The molecule has 0 bridgehead atoms. The number of amides is 2. The Morgan fingerprint density at radius 2 is 2.07 bits per heavy atom. The van der Waals surface area contributed by atoms with E-state index in [4.69, 9.17) is 9.47 Å². The van der Waals surface area contributed by atoms with Crippen LogP contribution in [0.4, 0.5) is 17.3 Å². The number of rotatable bonds is 6. The van der Waals surface area contributed by atoms with E-state index in [1.807, 2.05) is 6.92 Å². The predicted molar refractivity (Wildman–Crippen MR) is 99.6 cm³/mol. The van der Waals surface area contributed by atoms with Gasteiger partial charge in [-0.3, -0.25) is 14.5 Å². The van der Waals surface area contributed by atoms with Gasteiger partial charge < -0.3 is 24.9 Å². The molecule has 2 aromatic rings. The second kappa shape index (κ2) is 7.91. The fourth-order valence-corrected chi connectivity index (χ4v) is 2.70. The van der Waals surface area contributed by atoms with Gasteiger partial charge in [0.15, 0.2) is 12.4 Å². The predicted octanol–water partition coefficient (Wildman–Crippen LogP) is 2.14. The van der Waals surface area contributed by atoms with Gasteiger partial charge in [0.2, 0.25) is 5.91 Å². The number of carbonyl (C=O) groups excluding carboxylic acids is 2. The highest BCUT2D eigenvalue weighted by Gasteiger charge is 2.38. The van der Waals surface area contributed by atoms with Crippen molar-refractivity contribution in [1.29, 1.82) is 0 Å². The number of ether oxygens (including phenoxy) is 2. The fraction of sp³-hybridized carbons (Fsp3) is 0.278. The Balaban J connectivity index is 1.82. The molecule has 28 heavy (non-hydrogen) atoms. The molecule has 1 aromatic carbocycles. The number of anilines is 2. The monoisotopic (exact) mass is 386 g/mol. The SMILES string of the molecule is CCOc1ccc(NC(=O)C(C)N2C(=O)COc3ccc([N+](=O)[O-])nc32)cc1. The van der Waals surface area contributed by atoms with Crippen molar-refractivity contribution in [3.8, 4) is 11.5 Å². The first kappa shape index (κ1) is 19.1. The molecule has 0 fully saturated rings. The third-order valence-electron chi connectivity index (χ3n) is 4.06. The number of hydrogen-bond donors (Lipinski definition) is 1. The minimum atomic E-state index is -0.962. The first-order valence-corrected chi connectivity index (χ1v) is 8.54. The zero-order chi connectivity index (χ0) is 20.3. The van der Waals surface area contributed by atoms with Crippen LogP contribution in [0.25, 0.3) is 0 Å². The van der Waals surface area contributed by atoms with Crippen molar-refractivity contribution in [2.75, 3.05) is 23.4 Å². The van der Waals surface area contributed by atoms with Crippen LogP contribution in [0.3, 0.4) is 0 Å². The average Bonchev–Trinajstić information content (AvgIpc) is 2.68. The maximum Gasteiger partial charge on any atom is 0.366 e. The highest BCUT2D eigenvalue weighted by atomic mass is 16.6. The number of hydrogen-bond acceptors (Lipinski definition) is 7. The van der Waals surface area contributed by atoms with Gasteiger partial charge in [-0.25, -0.2) is 0 Å². The molecule has 146 valence electrons. The maximum absolute atomic E-state index is 12.7. The first-order valence-electron chi connectivity index (χ1n) is 8.54. The Labute approximate surface area is 160 Å². The average molecular weight is 386 g/mol. The van der Waals surface area contributed by atoms with E-state index >= 15 is 0 Å². The van der Waals surface area contributed by atoms with Crippen LogP contribution in [0, 0.1) is 10.1 Å². The van der Waals surface area contributed by atoms with Gasteiger partial charge in [0.25, 0.3) is 11.7 Å². The van der Waals surface area contributed by atoms with E-state index in [9.17, 15) is 19.7 Å². The molecule has 1 atom stereocenters. The van der Waals surface area contributed by atoms with E-state index in [0.717, 1.165) is 4.90 Å². The van der Waals surface area contributed by atoms with Crippen molar-refractivity contribution in [1.82, 2.24) is 4.98 Å². The molecule has 10 heteroatoms. The summed E-state index contributed by atoms with van der Waals surface area (Å²) in [6, 6.07) is 8.35. The molecule has 0 spiro atoms. The van der Waals surface area contributed by atoms with Crippen LogP contribution in [-0.4, -0.2) is 41.0 Å². The van der Waals surface area contributed by atoms with Crippen LogP contribution in [-0.2, 0) is 9.59 Å². The second-order valence-electron chi connectivity index (χ2n) is 5.92. The maximum atomic E-state index is 12.7. The summed E-state index contributed by atoms with van der Waals surface area (Å²) in [6.45, 7) is 3.62. The van der Waals surface area contributed by atoms with E-state index in [0.29, 0.717) is 18.0 Å². The normalized spacial score (nSPS) is 13.9. The molecule has 3 rings (SSSR count). The van der Waals surface area contributed by atoms with Gasteiger partial charge >= 0.3 is 5.82 Å². The molecule has 0 aliphatic carbocycles. The smallest absolute Gasteiger partial charge is 0.366 e. The number of pyridine rings is 1. The highest BCUT2D eigenvalue weighted by molar-refractivity contribution is 6.06. The van der Waals surface area contributed by atoms with Gasteiger partial charge in [0.1, 0.15) is 11.8 Å². The lowest BCUT2D eigenvalue weighted by Crippen LogP contribution is -2.50. The van der Waals surface area contributed by atoms with Crippen molar-refractivity contribution < 1.29 is 24.0 Å². The van der Waals surface area contributed by atoms with Crippen LogP contribution < -0.4 is 19.7 Å². The second-order valence-corrected chi connectivity index (χ2v) is 5.92. The van der Waals surface area contributed by atoms with E-state index in [2.05, 4.69) is 10.3 Å². The summed E-state index contributed by atoms with van der Waals surface area (Å²) >= 11 is 0. The summed E-state index contributed by atoms with van der Waals surface area (Å²) in [4.78, 5) is 40.3. The molecular weight excluding hydrogens is 368 g/mol. The fourth-order valence-electron chi connectivity index (χ4n) is 2.70. The van der Waals surface area contributed by atoms with Gasteiger partial charge in [-0.2, -0.15) is 0 Å². The molecular formula is C18H18N4O6. The Bertz CT molecular complexity index is 915. The number of carbonyl (C=O) groups is 2. The molecule has 1 aliphatic heterocycles. The van der Waals surface area contributed by atoms with Crippen molar-refractivity contribution in [3.63, 3.8) is 0 Å². The van der Waals surface area contributed by atoms with Gasteiger partial charge in [0, 0.05) is 11.8 Å². The Morgan fingerprint density at radius 1 is 1.36 bits per heavy atom. The molecule has 0 saturated carbocycles. The number of benzene rings is 1. The molecule has 1 N–H and O–H groups in total. The van der Waals surface area contributed by atoms with E-state index in [1.165, 1.54) is 19.1 Å². The lowest BCUT2D eigenvalue weighted by molar-refractivity contribution is -0.389. The number of nitrogens with one attached hydrogen (secondary N) is 1. The van der Waals surface area contributed by atoms with Crippen molar-refractivity contribution >= 4 is 29.1 Å². The Morgan fingerprint density at radius 3 is 2.71 bits per heavy atom. The third kappa shape index (κ3) is 3.85. The zero-order valence-electron chi connectivity index (χ0n) is 15.2. The Hall–Kier alpha value is -3.69. The summed E-state index contributed by atoms with van der Waals surface area (Å²) in [6.07, 6.45) is 0. The van der Waals surface area contributed by atoms with E-state index in [-0.39, 0.29) is 18.2 Å². The molecule has 1 aromatic heterocycles. The topological polar surface area (TPSA) is 124 Å². The zero-order valence-corrected chi connectivity index (χ0v) is 15.2. The summed E-state index contributed by atoms with van der Waals surface area (Å²) < 4.78 is 10.6. The van der Waals surface area contributed by atoms with E-state index < -0.39 is 28.6 Å². The summed E-state index contributed by atoms with van der Waals surface area (Å²) in [7, 11) is 0. The molecule has 2 amide bonds. The summed E-state index contributed by atoms with van der Waals surface area (Å²) in [5, 5.41) is 13.7. The van der Waals surface area contributed by atoms with Gasteiger partial charge in [-0.05, 0) is 54.1 Å². The lowest BCUT2D eigenvalue weighted by atomic mass is 10.2. The first-order chi connectivity index (χ1) is 13.4. The van der Waals surface area contributed by atoms with Crippen LogP contribution in [0.2, 0.25) is 0 Å². The molecule has 10 nitrogen and oxygen atoms in total. The van der Waals surface area contributed by atoms with Crippen molar-refractivity contribution in [2.24, 2.45) is 0 Å². The van der Waals surface area contributed by atoms with Crippen molar-refractivity contribution in [2.45, 2.75) is 19.9 Å². The number of aromatic nitrogens is 1. The standard InChI is InChI=1S/C18H18N4O6/c1-3-27-13-6-4-12(5-7-13)19-18(24)11(2)21-16(23)10-28-14-8-9-15(22(25)26)20-17(14)21/h4-9,11H,3,10H2,1-2H3,(H,19,24). The molecule has 0 radical (unpaired) electrons. The molecule has 2 heterocycles. The largest absolute Gasteiger partial charge is 0.494 e.